The fourth-order valence-corrected chi connectivity index (χ4v) is 3.58. The Balaban J connectivity index is 1.57. The van der Waals surface area contributed by atoms with Gasteiger partial charge in [0.25, 0.3) is 5.91 Å². The van der Waals surface area contributed by atoms with Crippen LogP contribution >= 0.6 is 0 Å². The van der Waals surface area contributed by atoms with Crippen LogP contribution in [0, 0.1) is 5.92 Å². The second-order valence-corrected chi connectivity index (χ2v) is 6.71. The van der Waals surface area contributed by atoms with Gasteiger partial charge >= 0.3 is 0 Å². The van der Waals surface area contributed by atoms with Crippen molar-refractivity contribution in [2.45, 2.75) is 12.8 Å². The summed E-state index contributed by atoms with van der Waals surface area (Å²) in [5.74, 6) is 0.253. The van der Waals surface area contributed by atoms with Crippen LogP contribution in [0.25, 0.3) is 6.08 Å². The molecule has 0 aliphatic carbocycles. The van der Waals surface area contributed by atoms with Crippen molar-refractivity contribution in [3.8, 4) is 0 Å². The molecule has 0 radical (unpaired) electrons. The summed E-state index contributed by atoms with van der Waals surface area (Å²) in [4.78, 5) is 16.2. The van der Waals surface area contributed by atoms with Gasteiger partial charge in [-0.15, -0.1) is 0 Å². The van der Waals surface area contributed by atoms with E-state index >= 15 is 0 Å². The molecule has 2 N–H and O–H groups in total. The molecule has 0 saturated carbocycles. The van der Waals surface area contributed by atoms with E-state index in [9.17, 15) is 4.79 Å². The highest BCUT2D eigenvalue weighted by Crippen LogP contribution is 2.24. The third-order valence-electron chi connectivity index (χ3n) is 5.03. The number of ether oxygens (including phenoxy) is 1. The molecule has 3 rings (SSSR count). The van der Waals surface area contributed by atoms with E-state index in [4.69, 9.17) is 9.94 Å². The Morgan fingerprint density at radius 2 is 1.92 bits per heavy atom. The number of carbonyl (C=O) groups is 1. The quantitative estimate of drug-likeness (QED) is 0.484. The van der Waals surface area contributed by atoms with Crippen molar-refractivity contribution < 1.29 is 14.7 Å². The Morgan fingerprint density at radius 1 is 1.20 bits per heavy atom. The lowest BCUT2D eigenvalue weighted by Crippen LogP contribution is -2.48. The van der Waals surface area contributed by atoms with Crippen molar-refractivity contribution in [3.05, 3.63) is 35.9 Å². The average molecular weight is 345 g/mol. The van der Waals surface area contributed by atoms with Gasteiger partial charge < -0.3 is 9.64 Å². The highest BCUT2D eigenvalue weighted by molar-refractivity contribution is 5.91. The second kappa shape index (κ2) is 8.99. The van der Waals surface area contributed by atoms with Gasteiger partial charge in [0.2, 0.25) is 0 Å². The molecule has 25 heavy (non-hydrogen) atoms. The predicted octanol–water partition coefficient (Wildman–Crippen LogP) is 1.75. The van der Waals surface area contributed by atoms with Gasteiger partial charge in [-0.3, -0.25) is 14.9 Å². The number of piperazine rings is 1. The molecule has 6 heteroatoms. The molecule has 2 fully saturated rings. The second-order valence-electron chi connectivity index (χ2n) is 6.71. The van der Waals surface area contributed by atoms with Gasteiger partial charge in [0.05, 0.1) is 0 Å². The zero-order valence-corrected chi connectivity index (χ0v) is 14.6. The van der Waals surface area contributed by atoms with E-state index in [1.54, 1.807) is 11.6 Å². The Hall–Kier alpha value is -1.89. The third-order valence-corrected chi connectivity index (χ3v) is 5.03. The number of hydrogen-bond acceptors (Lipinski definition) is 5. The lowest BCUT2D eigenvalue weighted by atomic mass is 9.99. The summed E-state index contributed by atoms with van der Waals surface area (Å²) in [5.41, 5.74) is 3.75. The van der Waals surface area contributed by atoms with Gasteiger partial charge in [-0.2, -0.15) is 0 Å². The van der Waals surface area contributed by atoms with Gasteiger partial charge in [0.15, 0.2) is 0 Å². The van der Waals surface area contributed by atoms with Crippen LogP contribution in [-0.2, 0) is 9.53 Å². The fourth-order valence-electron chi connectivity index (χ4n) is 3.58. The SMILES string of the molecule is O=C(C=Cc1ccccc1N1CCN(CC2CCOCC2)CC1)NO. The van der Waals surface area contributed by atoms with Crippen molar-refractivity contribution in [2.24, 2.45) is 5.92 Å². The van der Waals surface area contributed by atoms with Gasteiger partial charge in [0, 0.05) is 57.7 Å². The van der Waals surface area contributed by atoms with E-state index in [1.165, 1.54) is 25.5 Å². The molecule has 2 saturated heterocycles. The van der Waals surface area contributed by atoms with Gasteiger partial charge in [-0.25, -0.2) is 5.48 Å². The molecule has 1 amide bonds. The topological polar surface area (TPSA) is 65.0 Å². The summed E-state index contributed by atoms with van der Waals surface area (Å²) in [6, 6.07) is 8.06. The van der Waals surface area contributed by atoms with Gasteiger partial charge in [0.1, 0.15) is 0 Å². The Bertz CT molecular complexity index is 591. The van der Waals surface area contributed by atoms with E-state index < -0.39 is 5.91 Å². The number of rotatable bonds is 5. The fraction of sp³-hybridized carbons (Fsp3) is 0.526. The Kier molecular flexibility index (Phi) is 6.44. The standard InChI is InChI=1S/C19H27N3O3/c23-19(20-24)6-5-17-3-1-2-4-18(17)22-11-9-21(10-12-22)15-16-7-13-25-14-8-16/h1-6,16,24H,7-15H2,(H,20,23). The number of nitrogens with zero attached hydrogens (tertiary/aromatic N) is 2. The van der Waals surface area contributed by atoms with Crippen LogP contribution in [-0.4, -0.2) is 62.0 Å². The number of carbonyl (C=O) groups excluding carboxylic acids is 1. The van der Waals surface area contributed by atoms with E-state index in [-0.39, 0.29) is 0 Å². The number of benzene rings is 1. The molecule has 1 aromatic carbocycles. The van der Waals surface area contributed by atoms with E-state index in [1.807, 2.05) is 18.2 Å². The van der Waals surface area contributed by atoms with E-state index in [0.717, 1.165) is 56.6 Å². The zero-order chi connectivity index (χ0) is 17.5. The summed E-state index contributed by atoms with van der Waals surface area (Å²) < 4.78 is 5.45. The zero-order valence-electron chi connectivity index (χ0n) is 14.6. The number of para-hydroxylation sites is 1. The molecule has 0 bridgehead atoms. The number of amides is 1. The van der Waals surface area contributed by atoms with Crippen LogP contribution in [0.5, 0.6) is 0 Å². The lowest BCUT2D eigenvalue weighted by Gasteiger charge is -2.38. The first-order chi connectivity index (χ1) is 12.3. The maximum absolute atomic E-state index is 11.2. The molecular formula is C19H27N3O3. The lowest BCUT2D eigenvalue weighted by molar-refractivity contribution is -0.124. The summed E-state index contributed by atoms with van der Waals surface area (Å²) in [5, 5.41) is 8.62. The molecule has 6 nitrogen and oxygen atoms in total. The molecule has 136 valence electrons. The van der Waals surface area contributed by atoms with Crippen LogP contribution in [0.1, 0.15) is 18.4 Å². The van der Waals surface area contributed by atoms with Crippen LogP contribution < -0.4 is 10.4 Å². The first kappa shape index (κ1) is 17.9. The first-order valence-electron chi connectivity index (χ1n) is 9.02. The van der Waals surface area contributed by atoms with E-state index in [0.29, 0.717) is 0 Å². The molecule has 2 heterocycles. The van der Waals surface area contributed by atoms with Crippen molar-refractivity contribution in [3.63, 3.8) is 0 Å². The van der Waals surface area contributed by atoms with Crippen molar-refractivity contribution in [1.82, 2.24) is 10.4 Å². The maximum atomic E-state index is 11.2. The maximum Gasteiger partial charge on any atom is 0.267 e. The van der Waals surface area contributed by atoms with Crippen LogP contribution in [0.3, 0.4) is 0 Å². The molecule has 0 spiro atoms. The molecule has 2 aliphatic heterocycles. The molecule has 1 aromatic rings. The van der Waals surface area contributed by atoms with Crippen molar-refractivity contribution in [1.29, 1.82) is 0 Å². The minimum atomic E-state index is -0.518. The van der Waals surface area contributed by atoms with Crippen molar-refractivity contribution in [2.75, 3.05) is 50.8 Å². The smallest absolute Gasteiger partial charge is 0.267 e. The molecular weight excluding hydrogens is 318 g/mol. The molecule has 0 aromatic heterocycles. The van der Waals surface area contributed by atoms with Gasteiger partial charge in [-0.05, 0) is 36.5 Å². The normalized spacial score (nSPS) is 20.1. The largest absolute Gasteiger partial charge is 0.381 e. The first-order valence-corrected chi connectivity index (χ1v) is 9.02. The highest BCUT2D eigenvalue weighted by atomic mass is 16.5. The van der Waals surface area contributed by atoms with Gasteiger partial charge in [-0.1, -0.05) is 18.2 Å². The van der Waals surface area contributed by atoms with Crippen LogP contribution in [0.4, 0.5) is 5.69 Å². The summed E-state index contributed by atoms with van der Waals surface area (Å²) >= 11 is 0. The van der Waals surface area contributed by atoms with Crippen LogP contribution in [0.2, 0.25) is 0 Å². The molecule has 0 unspecified atom stereocenters. The molecule has 0 atom stereocenters. The summed E-state index contributed by atoms with van der Waals surface area (Å²) in [6.07, 6.45) is 5.46. The minimum absolute atomic E-state index is 0.518. The molecule has 2 aliphatic rings. The average Bonchev–Trinajstić information content (AvgIpc) is 2.68. The number of nitrogens with one attached hydrogen (secondary N) is 1. The summed E-state index contributed by atoms with van der Waals surface area (Å²) in [7, 11) is 0. The van der Waals surface area contributed by atoms with Crippen molar-refractivity contribution >= 4 is 17.7 Å². The monoisotopic (exact) mass is 345 g/mol. The third kappa shape index (κ3) is 5.04. The van der Waals surface area contributed by atoms with E-state index in [2.05, 4.69) is 15.9 Å². The Morgan fingerprint density at radius 3 is 2.64 bits per heavy atom. The summed E-state index contributed by atoms with van der Waals surface area (Å²) in [6.45, 7) is 7.09. The Labute approximate surface area is 149 Å². The predicted molar refractivity (Wildman–Crippen MR) is 97.6 cm³/mol. The number of hydroxylamine groups is 1. The highest BCUT2D eigenvalue weighted by Gasteiger charge is 2.22. The van der Waals surface area contributed by atoms with Crippen LogP contribution in [0.15, 0.2) is 30.3 Å². The minimum Gasteiger partial charge on any atom is -0.381 e. The number of hydrogen-bond donors (Lipinski definition) is 2. The number of anilines is 1.